The molecule has 1 aliphatic heterocycles. The smallest absolute Gasteiger partial charge is 0.135 e. The Morgan fingerprint density at radius 3 is 3.14 bits per heavy atom. The summed E-state index contributed by atoms with van der Waals surface area (Å²) in [7, 11) is 0. The quantitative estimate of drug-likeness (QED) is 0.686. The molecule has 0 amide bonds. The Hall–Kier alpha value is -1.35. The summed E-state index contributed by atoms with van der Waals surface area (Å²) in [6, 6.07) is 8.16. The summed E-state index contributed by atoms with van der Waals surface area (Å²) in [6.07, 6.45) is 4.32. The molecule has 3 nitrogen and oxygen atoms in total. The SMILES string of the molecule is c1ccc2c(c1)ncn2C1CCCO1. The van der Waals surface area contributed by atoms with Gasteiger partial charge in [0.25, 0.3) is 0 Å². The molecule has 0 aliphatic carbocycles. The van der Waals surface area contributed by atoms with Crippen LogP contribution in [-0.2, 0) is 4.74 Å². The highest BCUT2D eigenvalue weighted by atomic mass is 16.5. The zero-order valence-electron chi connectivity index (χ0n) is 7.89. The molecular weight excluding hydrogens is 176 g/mol. The Morgan fingerprint density at radius 1 is 1.36 bits per heavy atom. The molecule has 72 valence electrons. The van der Waals surface area contributed by atoms with E-state index in [2.05, 4.69) is 15.6 Å². The number of imidazole rings is 1. The molecule has 0 radical (unpaired) electrons. The highest BCUT2D eigenvalue weighted by Gasteiger charge is 2.18. The first kappa shape index (κ1) is 8.00. The van der Waals surface area contributed by atoms with Gasteiger partial charge in [0, 0.05) is 6.61 Å². The van der Waals surface area contributed by atoms with Crippen LogP contribution >= 0.6 is 0 Å². The van der Waals surface area contributed by atoms with Gasteiger partial charge >= 0.3 is 0 Å². The van der Waals surface area contributed by atoms with Gasteiger partial charge in [-0.1, -0.05) is 12.1 Å². The van der Waals surface area contributed by atoms with E-state index >= 15 is 0 Å². The van der Waals surface area contributed by atoms with Gasteiger partial charge in [0.2, 0.25) is 0 Å². The van der Waals surface area contributed by atoms with Crippen molar-refractivity contribution in [1.82, 2.24) is 9.55 Å². The molecule has 3 heteroatoms. The zero-order valence-corrected chi connectivity index (χ0v) is 7.89. The second kappa shape index (κ2) is 3.10. The summed E-state index contributed by atoms with van der Waals surface area (Å²) >= 11 is 0. The van der Waals surface area contributed by atoms with E-state index in [1.54, 1.807) is 0 Å². The Kier molecular flexibility index (Phi) is 1.77. The van der Waals surface area contributed by atoms with E-state index in [1.807, 2.05) is 24.5 Å². The number of hydrogen-bond donors (Lipinski definition) is 0. The van der Waals surface area contributed by atoms with Crippen molar-refractivity contribution in [2.75, 3.05) is 6.61 Å². The van der Waals surface area contributed by atoms with Crippen LogP contribution in [0.4, 0.5) is 0 Å². The Balaban J connectivity index is 2.11. The molecule has 2 heterocycles. The van der Waals surface area contributed by atoms with E-state index in [9.17, 15) is 0 Å². The van der Waals surface area contributed by atoms with E-state index in [4.69, 9.17) is 4.74 Å². The van der Waals surface area contributed by atoms with Crippen molar-refractivity contribution in [3.05, 3.63) is 30.6 Å². The van der Waals surface area contributed by atoms with Gasteiger partial charge in [0.05, 0.1) is 17.4 Å². The Bertz CT molecular complexity index is 443. The van der Waals surface area contributed by atoms with Crippen molar-refractivity contribution in [1.29, 1.82) is 0 Å². The first-order valence-corrected chi connectivity index (χ1v) is 4.98. The lowest BCUT2D eigenvalue weighted by atomic mass is 10.3. The van der Waals surface area contributed by atoms with Crippen molar-refractivity contribution < 1.29 is 4.74 Å². The van der Waals surface area contributed by atoms with Crippen LogP contribution in [0.3, 0.4) is 0 Å². The molecule has 0 bridgehead atoms. The normalized spacial score (nSPS) is 21.9. The lowest BCUT2D eigenvalue weighted by Gasteiger charge is -2.11. The summed E-state index contributed by atoms with van der Waals surface area (Å²) in [5, 5.41) is 0. The highest BCUT2D eigenvalue weighted by Crippen LogP contribution is 2.26. The maximum absolute atomic E-state index is 5.63. The second-order valence-electron chi connectivity index (χ2n) is 3.61. The molecule has 1 aliphatic rings. The molecule has 0 spiro atoms. The molecule has 1 fully saturated rings. The molecule has 1 atom stereocenters. The highest BCUT2D eigenvalue weighted by molar-refractivity contribution is 5.75. The number of ether oxygens (including phenoxy) is 1. The predicted molar refractivity (Wildman–Crippen MR) is 54.0 cm³/mol. The summed E-state index contributed by atoms with van der Waals surface area (Å²) in [5.41, 5.74) is 2.21. The van der Waals surface area contributed by atoms with Crippen molar-refractivity contribution in [3.8, 4) is 0 Å². The molecule has 14 heavy (non-hydrogen) atoms. The number of aromatic nitrogens is 2. The van der Waals surface area contributed by atoms with Gasteiger partial charge in [-0.3, -0.25) is 0 Å². The van der Waals surface area contributed by atoms with Crippen LogP contribution < -0.4 is 0 Å². The number of nitrogens with zero attached hydrogens (tertiary/aromatic N) is 2. The van der Waals surface area contributed by atoms with Gasteiger partial charge in [-0.25, -0.2) is 4.98 Å². The van der Waals surface area contributed by atoms with Crippen molar-refractivity contribution in [3.63, 3.8) is 0 Å². The second-order valence-corrected chi connectivity index (χ2v) is 3.61. The van der Waals surface area contributed by atoms with Crippen LogP contribution in [0.5, 0.6) is 0 Å². The van der Waals surface area contributed by atoms with Crippen LogP contribution in [0.1, 0.15) is 19.1 Å². The standard InChI is InChI=1S/C11H12N2O/c1-2-5-10-9(4-1)12-8-13(10)11-6-3-7-14-11/h1-2,4-5,8,11H,3,6-7H2. The predicted octanol–water partition coefficient (Wildman–Crippen LogP) is 2.35. The zero-order chi connectivity index (χ0) is 9.38. The summed E-state index contributed by atoms with van der Waals surface area (Å²) in [5.74, 6) is 0. The summed E-state index contributed by atoms with van der Waals surface area (Å²) in [4.78, 5) is 4.35. The number of rotatable bonds is 1. The average molecular weight is 188 g/mol. The average Bonchev–Trinajstić information content (AvgIpc) is 2.85. The van der Waals surface area contributed by atoms with Crippen molar-refractivity contribution >= 4 is 11.0 Å². The van der Waals surface area contributed by atoms with Crippen molar-refractivity contribution in [2.24, 2.45) is 0 Å². The number of hydrogen-bond acceptors (Lipinski definition) is 2. The third kappa shape index (κ3) is 1.13. The molecule has 2 aromatic rings. The maximum Gasteiger partial charge on any atom is 0.135 e. The fraction of sp³-hybridized carbons (Fsp3) is 0.364. The monoisotopic (exact) mass is 188 g/mol. The lowest BCUT2D eigenvalue weighted by Crippen LogP contribution is -2.05. The van der Waals surface area contributed by atoms with Gasteiger partial charge in [-0.15, -0.1) is 0 Å². The number of para-hydroxylation sites is 2. The van der Waals surface area contributed by atoms with E-state index in [0.29, 0.717) is 0 Å². The molecule has 1 unspecified atom stereocenters. The van der Waals surface area contributed by atoms with Crippen molar-refractivity contribution in [2.45, 2.75) is 19.1 Å². The molecule has 1 aromatic heterocycles. The topological polar surface area (TPSA) is 27.1 Å². The first-order chi connectivity index (χ1) is 6.95. The molecule has 0 saturated carbocycles. The fourth-order valence-corrected chi connectivity index (χ4v) is 1.99. The molecule has 1 saturated heterocycles. The van der Waals surface area contributed by atoms with E-state index in [-0.39, 0.29) is 6.23 Å². The van der Waals surface area contributed by atoms with E-state index in [0.717, 1.165) is 25.0 Å². The maximum atomic E-state index is 5.63. The Morgan fingerprint density at radius 2 is 2.29 bits per heavy atom. The number of benzene rings is 1. The number of fused-ring (bicyclic) bond motifs is 1. The van der Waals surface area contributed by atoms with Crippen LogP contribution in [-0.4, -0.2) is 16.2 Å². The minimum Gasteiger partial charge on any atom is -0.358 e. The van der Waals surface area contributed by atoms with Gasteiger partial charge in [0.15, 0.2) is 0 Å². The van der Waals surface area contributed by atoms with E-state index < -0.39 is 0 Å². The Labute approximate surface area is 82.3 Å². The molecule has 1 aromatic carbocycles. The third-order valence-electron chi connectivity index (χ3n) is 2.70. The minimum atomic E-state index is 0.197. The van der Waals surface area contributed by atoms with Gasteiger partial charge < -0.3 is 9.30 Å². The molecule has 0 N–H and O–H groups in total. The summed E-state index contributed by atoms with van der Waals surface area (Å²) in [6.45, 7) is 0.872. The first-order valence-electron chi connectivity index (χ1n) is 4.98. The van der Waals surface area contributed by atoms with E-state index in [1.165, 1.54) is 5.52 Å². The van der Waals surface area contributed by atoms with Crippen LogP contribution in [0.15, 0.2) is 30.6 Å². The van der Waals surface area contributed by atoms with Crippen LogP contribution in [0, 0.1) is 0 Å². The van der Waals surface area contributed by atoms with Crippen LogP contribution in [0.2, 0.25) is 0 Å². The fourth-order valence-electron chi connectivity index (χ4n) is 1.99. The minimum absolute atomic E-state index is 0.197. The molecular formula is C11H12N2O. The largest absolute Gasteiger partial charge is 0.358 e. The van der Waals surface area contributed by atoms with Gasteiger partial charge in [-0.05, 0) is 25.0 Å². The summed E-state index contributed by atoms with van der Waals surface area (Å²) < 4.78 is 7.76. The third-order valence-corrected chi connectivity index (χ3v) is 2.70. The lowest BCUT2D eigenvalue weighted by molar-refractivity contribution is 0.0597. The van der Waals surface area contributed by atoms with Crippen LogP contribution in [0.25, 0.3) is 11.0 Å². The van der Waals surface area contributed by atoms with Gasteiger partial charge in [-0.2, -0.15) is 0 Å². The molecule has 3 rings (SSSR count). The van der Waals surface area contributed by atoms with Gasteiger partial charge in [0.1, 0.15) is 6.23 Å².